The molecule has 0 amide bonds. The molecule has 1 N–H and O–H groups in total. The van der Waals surface area contributed by atoms with Crippen molar-refractivity contribution in [3.05, 3.63) is 17.5 Å². The number of hydrogen-bond donors (Lipinski definition) is 1. The summed E-state index contributed by atoms with van der Waals surface area (Å²) >= 11 is 0. The van der Waals surface area contributed by atoms with E-state index in [-0.39, 0.29) is 24.0 Å². The lowest BCUT2D eigenvalue weighted by Gasteiger charge is -2.36. The number of aliphatic imine (C=N–C) groups is 1. The largest absolute Gasteiger partial charge is 0.381 e. The molecule has 1 atom stereocenters. The molecule has 0 spiro atoms. The Morgan fingerprint density at radius 2 is 2.17 bits per heavy atom. The molecule has 2 saturated heterocycles. The molecule has 0 aliphatic carbocycles. The SMILES string of the molecule is CCNC(=NCCCOCC1CCOC1)N1CCN(Cc2cc(C)on2)CC1.I. The monoisotopic (exact) mass is 521 g/mol. The molecule has 8 nitrogen and oxygen atoms in total. The zero-order chi connectivity index (χ0) is 19.6. The van der Waals surface area contributed by atoms with Gasteiger partial charge in [0.25, 0.3) is 0 Å². The third-order valence-electron chi connectivity index (χ3n) is 5.15. The second-order valence-electron chi connectivity index (χ2n) is 7.59. The zero-order valence-corrected chi connectivity index (χ0v) is 20.1. The minimum Gasteiger partial charge on any atom is -0.381 e. The maximum absolute atomic E-state index is 5.77. The first kappa shape index (κ1) is 24.4. The number of guanidine groups is 1. The van der Waals surface area contributed by atoms with Crippen molar-refractivity contribution < 1.29 is 14.0 Å². The van der Waals surface area contributed by atoms with Crippen molar-refractivity contribution in [2.45, 2.75) is 33.2 Å². The summed E-state index contributed by atoms with van der Waals surface area (Å²) in [6, 6.07) is 2.01. The fourth-order valence-corrected chi connectivity index (χ4v) is 3.58. The lowest BCUT2D eigenvalue weighted by Crippen LogP contribution is -2.52. The smallest absolute Gasteiger partial charge is 0.194 e. The predicted octanol–water partition coefficient (Wildman–Crippen LogP) is 2.13. The van der Waals surface area contributed by atoms with Crippen molar-refractivity contribution in [2.75, 3.05) is 65.7 Å². The highest BCUT2D eigenvalue weighted by atomic mass is 127. The Kier molecular flexibility index (Phi) is 11.3. The molecule has 0 radical (unpaired) electrons. The van der Waals surface area contributed by atoms with Gasteiger partial charge in [-0.2, -0.15) is 0 Å². The molecule has 1 aromatic rings. The van der Waals surface area contributed by atoms with Crippen molar-refractivity contribution in [1.29, 1.82) is 0 Å². The Balaban J connectivity index is 0.00000300. The maximum Gasteiger partial charge on any atom is 0.194 e. The number of hydrogen-bond acceptors (Lipinski definition) is 6. The predicted molar refractivity (Wildman–Crippen MR) is 124 cm³/mol. The van der Waals surface area contributed by atoms with E-state index in [2.05, 4.69) is 27.2 Å². The quantitative estimate of drug-likeness (QED) is 0.231. The van der Waals surface area contributed by atoms with Crippen LogP contribution in [0.1, 0.15) is 31.2 Å². The summed E-state index contributed by atoms with van der Waals surface area (Å²) in [7, 11) is 0. The molecule has 29 heavy (non-hydrogen) atoms. The van der Waals surface area contributed by atoms with Gasteiger partial charge in [-0.1, -0.05) is 5.16 Å². The zero-order valence-electron chi connectivity index (χ0n) is 17.8. The van der Waals surface area contributed by atoms with E-state index in [9.17, 15) is 0 Å². The molecular weight excluding hydrogens is 485 g/mol. The molecule has 9 heteroatoms. The molecule has 3 rings (SSSR count). The molecule has 2 aliphatic rings. The molecular formula is C20H36IN5O3. The molecule has 1 aromatic heterocycles. The number of nitrogens with one attached hydrogen (secondary N) is 1. The first-order chi connectivity index (χ1) is 13.7. The normalized spacial score (nSPS) is 20.7. The summed E-state index contributed by atoms with van der Waals surface area (Å²) in [5.41, 5.74) is 1.01. The number of piperazine rings is 1. The topological polar surface area (TPSA) is 75.4 Å². The van der Waals surface area contributed by atoms with Crippen LogP contribution in [0.25, 0.3) is 0 Å². The van der Waals surface area contributed by atoms with E-state index in [4.69, 9.17) is 19.0 Å². The second kappa shape index (κ2) is 13.4. The van der Waals surface area contributed by atoms with Crippen molar-refractivity contribution in [1.82, 2.24) is 20.3 Å². The third kappa shape index (κ3) is 8.39. The standard InChI is InChI=1S/C20H35N5O3.HI/c1-3-21-20(22-6-4-11-26-15-18-5-12-27-16-18)25-9-7-24(8-10-25)14-19-13-17(2)28-23-19;/h13,18H,3-12,14-16H2,1-2H3,(H,21,22);1H. The van der Waals surface area contributed by atoms with Gasteiger partial charge in [0, 0.05) is 71.0 Å². The highest BCUT2D eigenvalue weighted by Gasteiger charge is 2.20. The van der Waals surface area contributed by atoms with Gasteiger partial charge in [-0.15, -0.1) is 24.0 Å². The Hall–Kier alpha value is -0.910. The average molecular weight is 521 g/mol. The Morgan fingerprint density at radius 3 is 2.83 bits per heavy atom. The van der Waals surface area contributed by atoms with Crippen LogP contribution in [0.15, 0.2) is 15.6 Å². The Bertz CT molecular complexity index is 599. The average Bonchev–Trinajstić information content (AvgIpc) is 3.36. The fraction of sp³-hybridized carbons (Fsp3) is 0.800. The van der Waals surface area contributed by atoms with Crippen LogP contribution in [-0.2, 0) is 16.0 Å². The molecule has 2 aliphatic heterocycles. The van der Waals surface area contributed by atoms with E-state index in [1.54, 1.807) is 0 Å². The first-order valence-corrected chi connectivity index (χ1v) is 10.6. The van der Waals surface area contributed by atoms with Gasteiger partial charge in [0.2, 0.25) is 0 Å². The van der Waals surface area contributed by atoms with Gasteiger partial charge in [-0.25, -0.2) is 0 Å². The van der Waals surface area contributed by atoms with Gasteiger partial charge in [0.1, 0.15) is 5.76 Å². The van der Waals surface area contributed by atoms with Crippen LogP contribution in [-0.4, -0.2) is 86.6 Å². The Labute approximate surface area is 191 Å². The number of rotatable bonds is 9. The van der Waals surface area contributed by atoms with Crippen molar-refractivity contribution >= 4 is 29.9 Å². The van der Waals surface area contributed by atoms with E-state index in [1.165, 1.54) is 0 Å². The third-order valence-corrected chi connectivity index (χ3v) is 5.15. The highest BCUT2D eigenvalue weighted by Crippen LogP contribution is 2.12. The summed E-state index contributed by atoms with van der Waals surface area (Å²) in [6.45, 7) is 13.8. The molecule has 0 bridgehead atoms. The molecule has 166 valence electrons. The molecule has 0 aromatic carbocycles. The maximum atomic E-state index is 5.77. The highest BCUT2D eigenvalue weighted by molar-refractivity contribution is 14.0. The summed E-state index contributed by atoms with van der Waals surface area (Å²) in [5, 5.41) is 7.53. The minimum absolute atomic E-state index is 0. The van der Waals surface area contributed by atoms with Crippen molar-refractivity contribution in [2.24, 2.45) is 10.9 Å². The number of ether oxygens (including phenoxy) is 2. The van der Waals surface area contributed by atoms with Crippen LogP contribution in [0.3, 0.4) is 0 Å². The first-order valence-electron chi connectivity index (χ1n) is 10.6. The van der Waals surface area contributed by atoms with Crippen molar-refractivity contribution in [3.63, 3.8) is 0 Å². The summed E-state index contributed by atoms with van der Waals surface area (Å²) < 4.78 is 16.3. The van der Waals surface area contributed by atoms with E-state index in [0.29, 0.717) is 5.92 Å². The Morgan fingerprint density at radius 1 is 1.34 bits per heavy atom. The number of aromatic nitrogens is 1. The van der Waals surface area contributed by atoms with Crippen LogP contribution in [0.4, 0.5) is 0 Å². The van der Waals surface area contributed by atoms with Crippen LogP contribution in [0.2, 0.25) is 0 Å². The second-order valence-corrected chi connectivity index (χ2v) is 7.59. The van der Waals surface area contributed by atoms with E-state index in [1.807, 2.05) is 13.0 Å². The van der Waals surface area contributed by atoms with Crippen LogP contribution < -0.4 is 5.32 Å². The van der Waals surface area contributed by atoms with Crippen LogP contribution >= 0.6 is 24.0 Å². The van der Waals surface area contributed by atoms with E-state index < -0.39 is 0 Å². The lowest BCUT2D eigenvalue weighted by atomic mass is 10.1. The van der Waals surface area contributed by atoms with Crippen LogP contribution in [0.5, 0.6) is 0 Å². The summed E-state index contributed by atoms with van der Waals surface area (Å²) in [6.07, 6.45) is 2.08. The summed E-state index contributed by atoms with van der Waals surface area (Å²) in [5.74, 6) is 2.47. The van der Waals surface area contributed by atoms with Gasteiger partial charge >= 0.3 is 0 Å². The minimum atomic E-state index is 0. The number of halogens is 1. The lowest BCUT2D eigenvalue weighted by molar-refractivity contribution is 0.0892. The molecule has 1 unspecified atom stereocenters. The number of nitrogens with zero attached hydrogens (tertiary/aromatic N) is 4. The van der Waals surface area contributed by atoms with Gasteiger partial charge in [0.05, 0.1) is 18.9 Å². The van der Waals surface area contributed by atoms with Crippen LogP contribution in [0, 0.1) is 12.8 Å². The summed E-state index contributed by atoms with van der Waals surface area (Å²) in [4.78, 5) is 9.57. The van der Waals surface area contributed by atoms with E-state index >= 15 is 0 Å². The molecule has 0 saturated carbocycles. The number of aryl methyl sites for hydroxylation is 1. The van der Waals surface area contributed by atoms with Gasteiger partial charge in [-0.05, 0) is 26.7 Å². The van der Waals surface area contributed by atoms with Gasteiger partial charge < -0.3 is 24.2 Å². The molecule has 2 fully saturated rings. The van der Waals surface area contributed by atoms with Gasteiger partial charge in [0.15, 0.2) is 5.96 Å². The van der Waals surface area contributed by atoms with Crippen molar-refractivity contribution in [3.8, 4) is 0 Å². The van der Waals surface area contributed by atoms with E-state index in [0.717, 1.165) is 102 Å². The fourth-order valence-electron chi connectivity index (χ4n) is 3.58. The van der Waals surface area contributed by atoms with Gasteiger partial charge in [-0.3, -0.25) is 9.89 Å². The molecule has 3 heterocycles.